The number of aromatic nitrogens is 1. The summed E-state index contributed by atoms with van der Waals surface area (Å²) in [5.41, 5.74) is 1.41. The second kappa shape index (κ2) is 2.07. The van der Waals surface area contributed by atoms with E-state index >= 15 is 0 Å². The van der Waals surface area contributed by atoms with Gasteiger partial charge in [-0.25, -0.2) is 4.98 Å². The maximum atomic E-state index is 4.51. The molecule has 1 fully saturated rings. The molecule has 3 rings (SSSR count). The third-order valence-corrected chi connectivity index (χ3v) is 4.53. The quantitative estimate of drug-likeness (QED) is 0.666. The lowest BCUT2D eigenvalue weighted by atomic mass is 10.0. The van der Waals surface area contributed by atoms with Gasteiger partial charge in [-0.05, 0) is 41.1 Å². The van der Waals surface area contributed by atoms with E-state index in [9.17, 15) is 0 Å². The highest BCUT2D eigenvalue weighted by Crippen LogP contribution is 2.55. The van der Waals surface area contributed by atoms with E-state index in [2.05, 4.69) is 20.9 Å². The van der Waals surface area contributed by atoms with E-state index in [1.807, 2.05) is 11.3 Å². The van der Waals surface area contributed by atoms with Crippen molar-refractivity contribution in [3.63, 3.8) is 0 Å². The fourth-order valence-corrected chi connectivity index (χ4v) is 4.11. The molecule has 0 saturated heterocycles. The summed E-state index contributed by atoms with van der Waals surface area (Å²) < 4.78 is 1.08. The molecule has 0 amide bonds. The molecule has 2 unspecified atom stereocenters. The van der Waals surface area contributed by atoms with Crippen molar-refractivity contribution in [1.82, 2.24) is 4.98 Å². The molecule has 1 heterocycles. The standard InChI is InChI=1S/C8H8BrNS/c9-8-10-6-4-1-2-5(3-4)7(6)11-8/h4-5H,1-3H2. The van der Waals surface area contributed by atoms with Gasteiger partial charge in [0.05, 0.1) is 5.69 Å². The van der Waals surface area contributed by atoms with Gasteiger partial charge in [0.2, 0.25) is 0 Å². The summed E-state index contributed by atoms with van der Waals surface area (Å²) >= 11 is 5.29. The first kappa shape index (κ1) is 6.61. The van der Waals surface area contributed by atoms with Crippen LogP contribution in [0, 0.1) is 0 Å². The highest BCUT2D eigenvalue weighted by atomic mass is 79.9. The van der Waals surface area contributed by atoms with Crippen molar-refractivity contribution in [2.75, 3.05) is 0 Å². The van der Waals surface area contributed by atoms with Gasteiger partial charge < -0.3 is 0 Å². The molecule has 1 aromatic heterocycles. The van der Waals surface area contributed by atoms with E-state index in [0.29, 0.717) is 0 Å². The molecule has 1 nitrogen and oxygen atoms in total. The minimum Gasteiger partial charge on any atom is -0.234 e. The Morgan fingerprint density at radius 1 is 1.36 bits per heavy atom. The topological polar surface area (TPSA) is 12.9 Å². The van der Waals surface area contributed by atoms with Crippen LogP contribution in [0.4, 0.5) is 0 Å². The number of rotatable bonds is 0. The van der Waals surface area contributed by atoms with Crippen LogP contribution in [0.25, 0.3) is 0 Å². The predicted molar refractivity (Wildman–Crippen MR) is 49.1 cm³/mol. The van der Waals surface area contributed by atoms with Gasteiger partial charge in [-0.1, -0.05) is 0 Å². The van der Waals surface area contributed by atoms with Crippen LogP contribution in [-0.2, 0) is 0 Å². The molecule has 0 aliphatic heterocycles. The first-order valence-electron chi connectivity index (χ1n) is 4.00. The van der Waals surface area contributed by atoms with Gasteiger partial charge >= 0.3 is 0 Å². The molecule has 0 radical (unpaired) electrons. The highest BCUT2D eigenvalue weighted by molar-refractivity contribution is 9.11. The summed E-state index contributed by atoms with van der Waals surface area (Å²) in [5, 5.41) is 0. The summed E-state index contributed by atoms with van der Waals surface area (Å²) in [5.74, 6) is 1.69. The van der Waals surface area contributed by atoms with E-state index < -0.39 is 0 Å². The van der Waals surface area contributed by atoms with Crippen LogP contribution < -0.4 is 0 Å². The van der Waals surface area contributed by atoms with E-state index in [-0.39, 0.29) is 0 Å². The van der Waals surface area contributed by atoms with E-state index in [1.165, 1.54) is 25.0 Å². The van der Waals surface area contributed by atoms with Crippen molar-refractivity contribution in [2.24, 2.45) is 0 Å². The van der Waals surface area contributed by atoms with Crippen LogP contribution in [0.3, 0.4) is 0 Å². The summed E-state index contributed by atoms with van der Waals surface area (Å²) in [6.07, 6.45) is 4.18. The van der Waals surface area contributed by atoms with Crippen LogP contribution in [-0.4, -0.2) is 4.98 Å². The van der Waals surface area contributed by atoms with Crippen molar-refractivity contribution in [2.45, 2.75) is 31.1 Å². The second-order valence-electron chi connectivity index (χ2n) is 3.42. The smallest absolute Gasteiger partial charge is 0.159 e. The van der Waals surface area contributed by atoms with Gasteiger partial charge in [0.25, 0.3) is 0 Å². The number of hydrogen-bond donors (Lipinski definition) is 0. The Morgan fingerprint density at radius 2 is 2.18 bits per heavy atom. The van der Waals surface area contributed by atoms with Crippen LogP contribution in [0.2, 0.25) is 0 Å². The molecular formula is C8H8BrNS. The number of nitrogens with zero attached hydrogens (tertiary/aromatic N) is 1. The fourth-order valence-electron chi connectivity index (χ4n) is 2.37. The minimum absolute atomic E-state index is 0.817. The predicted octanol–water partition coefficient (Wildman–Crippen LogP) is 3.27. The normalized spacial score (nSPS) is 32.8. The molecule has 1 saturated carbocycles. The lowest BCUT2D eigenvalue weighted by Gasteiger charge is -2.06. The van der Waals surface area contributed by atoms with E-state index in [0.717, 1.165) is 15.8 Å². The van der Waals surface area contributed by atoms with Crippen molar-refractivity contribution in [1.29, 1.82) is 0 Å². The molecule has 0 aromatic carbocycles. The summed E-state index contributed by atoms with van der Waals surface area (Å²) in [6.45, 7) is 0. The van der Waals surface area contributed by atoms with Crippen LogP contribution in [0.1, 0.15) is 41.7 Å². The van der Waals surface area contributed by atoms with Crippen molar-refractivity contribution < 1.29 is 0 Å². The van der Waals surface area contributed by atoms with Crippen molar-refractivity contribution >= 4 is 27.3 Å². The molecule has 2 bridgehead atoms. The Bertz CT molecular complexity index is 280. The van der Waals surface area contributed by atoms with Crippen molar-refractivity contribution in [3.8, 4) is 0 Å². The minimum atomic E-state index is 0.817. The van der Waals surface area contributed by atoms with E-state index in [1.54, 1.807) is 4.88 Å². The van der Waals surface area contributed by atoms with Gasteiger partial charge in [-0.15, -0.1) is 11.3 Å². The number of fused-ring (bicyclic) bond motifs is 5. The summed E-state index contributed by atoms with van der Waals surface area (Å²) in [4.78, 5) is 6.09. The molecule has 0 spiro atoms. The average Bonchev–Trinajstić information content (AvgIpc) is 2.53. The SMILES string of the molecule is Brc1nc2c(s1)C1CCC2C1. The average molecular weight is 230 g/mol. The second-order valence-corrected chi connectivity index (χ2v) is 5.73. The molecule has 2 aliphatic carbocycles. The number of halogens is 1. The highest BCUT2D eigenvalue weighted by Gasteiger charge is 2.39. The number of thiazole rings is 1. The Morgan fingerprint density at radius 3 is 3.00 bits per heavy atom. The monoisotopic (exact) mass is 229 g/mol. The Balaban J connectivity index is 2.21. The van der Waals surface area contributed by atoms with Gasteiger partial charge in [0.15, 0.2) is 3.92 Å². The molecule has 0 N–H and O–H groups in total. The molecule has 2 atom stereocenters. The Labute approximate surface area is 78.0 Å². The van der Waals surface area contributed by atoms with Gasteiger partial charge in [0, 0.05) is 10.8 Å². The molecule has 58 valence electrons. The zero-order valence-corrected chi connectivity index (χ0v) is 8.41. The molecule has 3 heteroatoms. The molecular weight excluding hydrogens is 222 g/mol. The molecule has 11 heavy (non-hydrogen) atoms. The maximum Gasteiger partial charge on any atom is 0.159 e. The zero-order chi connectivity index (χ0) is 7.42. The fraction of sp³-hybridized carbons (Fsp3) is 0.625. The maximum absolute atomic E-state index is 4.51. The first-order valence-corrected chi connectivity index (χ1v) is 5.61. The first-order chi connectivity index (χ1) is 5.34. The Hall–Kier alpha value is 0.110. The third-order valence-electron chi connectivity index (χ3n) is 2.85. The zero-order valence-electron chi connectivity index (χ0n) is 6.01. The van der Waals surface area contributed by atoms with Crippen LogP contribution in [0.5, 0.6) is 0 Å². The summed E-state index contributed by atoms with van der Waals surface area (Å²) in [6, 6.07) is 0. The largest absolute Gasteiger partial charge is 0.234 e. The van der Waals surface area contributed by atoms with Crippen molar-refractivity contribution in [3.05, 3.63) is 14.5 Å². The molecule has 1 aromatic rings. The Kier molecular flexibility index (Phi) is 1.25. The third kappa shape index (κ3) is 0.785. The summed E-state index contributed by atoms with van der Waals surface area (Å²) in [7, 11) is 0. The van der Waals surface area contributed by atoms with E-state index in [4.69, 9.17) is 0 Å². The van der Waals surface area contributed by atoms with Crippen LogP contribution in [0.15, 0.2) is 3.92 Å². The number of hydrogen-bond acceptors (Lipinski definition) is 2. The lowest BCUT2D eigenvalue weighted by Crippen LogP contribution is -1.93. The van der Waals surface area contributed by atoms with Gasteiger partial charge in [0.1, 0.15) is 0 Å². The van der Waals surface area contributed by atoms with Gasteiger partial charge in [-0.2, -0.15) is 0 Å². The van der Waals surface area contributed by atoms with Crippen LogP contribution >= 0.6 is 27.3 Å². The lowest BCUT2D eigenvalue weighted by molar-refractivity contribution is 0.708. The molecule has 2 aliphatic rings. The van der Waals surface area contributed by atoms with Gasteiger partial charge in [-0.3, -0.25) is 0 Å².